The molecule has 57 heavy (non-hydrogen) atoms. The molecule has 0 aromatic heterocycles. The summed E-state index contributed by atoms with van der Waals surface area (Å²) < 4.78 is 46.1. The molecule has 0 radical (unpaired) electrons. The van der Waals surface area contributed by atoms with Gasteiger partial charge in [0.25, 0.3) is 0 Å². The van der Waals surface area contributed by atoms with Crippen LogP contribution in [-0.2, 0) is 43.5 Å². The minimum Gasteiger partial charge on any atom is -0.493 e. The van der Waals surface area contributed by atoms with Crippen LogP contribution in [0, 0.1) is 5.41 Å². The lowest BCUT2D eigenvalue weighted by Crippen LogP contribution is -2.39. The quantitative estimate of drug-likeness (QED) is 0.0780. The molecule has 21 heteroatoms. The summed E-state index contributed by atoms with van der Waals surface area (Å²) in [7, 11) is 7.83. The van der Waals surface area contributed by atoms with Crippen LogP contribution in [0.25, 0.3) is 0 Å². The number of hydrogen-bond donors (Lipinski definition) is 0. The van der Waals surface area contributed by atoms with Crippen molar-refractivity contribution in [1.29, 1.82) is 0 Å². The van der Waals surface area contributed by atoms with Crippen molar-refractivity contribution < 1.29 is 101 Å². The fraction of sp³-hybridized carbons (Fsp3) is 0.333. The average Bonchev–Trinajstić information content (AvgIpc) is 3.24. The normalized spacial score (nSPS) is 10.4. The molecule has 3 aromatic rings. The number of benzene rings is 3. The highest BCUT2D eigenvalue weighted by molar-refractivity contribution is 5.94. The van der Waals surface area contributed by atoms with Crippen LogP contribution in [0.4, 0.5) is 14.4 Å². The average molecular weight is 807 g/mol. The molecule has 0 aliphatic rings. The van der Waals surface area contributed by atoms with Gasteiger partial charge in [-0.3, -0.25) is 0 Å². The van der Waals surface area contributed by atoms with Crippen molar-refractivity contribution in [3.05, 3.63) is 71.3 Å². The molecule has 0 heterocycles. The molecule has 0 bridgehead atoms. The van der Waals surface area contributed by atoms with Gasteiger partial charge in [-0.1, -0.05) is 25.1 Å². The van der Waals surface area contributed by atoms with Gasteiger partial charge in [0.05, 0.1) is 48.1 Å². The van der Waals surface area contributed by atoms with Gasteiger partial charge < -0.3 is 42.6 Å². The Kier molecular flexibility index (Phi) is 16.7. The molecule has 0 N–H and O–H groups in total. The topological polar surface area (TPSA) is 241 Å². The second kappa shape index (κ2) is 21.5. The predicted octanol–water partition coefficient (Wildman–Crippen LogP) is 5.21. The second-order valence-corrected chi connectivity index (χ2v) is 11.0. The monoisotopic (exact) mass is 806 g/mol. The van der Waals surface area contributed by atoms with Crippen LogP contribution < -0.4 is 28.4 Å². The first-order valence-electron chi connectivity index (χ1n) is 16.2. The van der Waals surface area contributed by atoms with E-state index in [0.717, 1.165) is 0 Å². The van der Waals surface area contributed by atoms with Crippen molar-refractivity contribution >= 4 is 36.4 Å². The minimum absolute atomic E-state index is 0.0124. The maximum Gasteiger partial charge on any atom is 0.549 e. The van der Waals surface area contributed by atoms with Crippen LogP contribution in [0.2, 0.25) is 0 Å². The van der Waals surface area contributed by atoms with Crippen molar-refractivity contribution in [3.8, 4) is 34.5 Å². The number of para-hydroxylation sites is 3. The Bertz CT molecular complexity index is 1680. The number of methoxy groups -OCH3 is 6. The van der Waals surface area contributed by atoms with Crippen LogP contribution in [0.5, 0.6) is 34.5 Å². The smallest absolute Gasteiger partial charge is 0.493 e. The van der Waals surface area contributed by atoms with Crippen molar-refractivity contribution in [3.63, 3.8) is 0 Å². The van der Waals surface area contributed by atoms with Gasteiger partial charge in [-0.2, -0.15) is 14.4 Å². The van der Waals surface area contributed by atoms with E-state index >= 15 is 0 Å². The van der Waals surface area contributed by atoms with Crippen molar-refractivity contribution in [1.82, 2.24) is 0 Å². The standard InChI is InChI=1S/C36H38O21/c1-8-36(18-49-33(40)55-52-30(37)21-12-9-15-24(43-2)27(21)46-5,19-50-34(41)56-53-31(38)22-13-10-16-25(44-3)28(22)47-6)20-51-35(42)57-54-32(39)23-14-11-17-26(45-4)29(23)48-7/h9-17H,8,18-20H2,1-7H3. The summed E-state index contributed by atoms with van der Waals surface area (Å²) in [6.07, 6.45) is -4.76. The SMILES string of the molecule is CCC(COC(=O)OOC(=O)c1cccc(OC)c1OC)(COC(=O)OOC(=O)c1cccc(OC)c1OC)COC(=O)OOC(=O)c1cccc(OC)c1OC. The van der Waals surface area contributed by atoms with Crippen LogP contribution in [-0.4, -0.2) is 98.9 Å². The molecule has 308 valence electrons. The van der Waals surface area contributed by atoms with Gasteiger partial charge in [-0.05, 0) is 42.8 Å². The van der Waals surface area contributed by atoms with E-state index in [-0.39, 0.29) is 57.6 Å². The van der Waals surface area contributed by atoms with Crippen molar-refractivity contribution in [2.24, 2.45) is 5.41 Å². The molecule has 0 saturated carbocycles. The Morgan fingerprint density at radius 3 is 0.930 bits per heavy atom. The summed E-state index contributed by atoms with van der Waals surface area (Å²) in [5.74, 6) is -2.97. The Morgan fingerprint density at radius 2 is 0.702 bits per heavy atom. The van der Waals surface area contributed by atoms with Gasteiger partial charge >= 0.3 is 36.4 Å². The molecule has 3 aromatic carbocycles. The molecule has 0 amide bonds. The number of hydrogen-bond acceptors (Lipinski definition) is 21. The predicted molar refractivity (Wildman–Crippen MR) is 185 cm³/mol. The molecule has 0 atom stereocenters. The molecule has 0 spiro atoms. The van der Waals surface area contributed by atoms with Crippen LogP contribution >= 0.6 is 0 Å². The fourth-order valence-electron chi connectivity index (χ4n) is 4.63. The minimum atomic E-state index is -1.63. The highest BCUT2D eigenvalue weighted by atomic mass is 17.2. The number of carbonyl (C=O) groups is 6. The van der Waals surface area contributed by atoms with Crippen LogP contribution in [0.15, 0.2) is 54.6 Å². The Balaban J connectivity index is 1.69. The van der Waals surface area contributed by atoms with E-state index in [1.54, 1.807) is 0 Å². The third-order valence-electron chi connectivity index (χ3n) is 7.66. The van der Waals surface area contributed by atoms with E-state index in [2.05, 4.69) is 29.3 Å². The molecular formula is C36H38O21. The summed E-state index contributed by atoms with van der Waals surface area (Å²) in [6, 6.07) is 12.8. The zero-order chi connectivity index (χ0) is 42.0. The maximum atomic E-state index is 12.6. The highest BCUT2D eigenvalue weighted by Crippen LogP contribution is 2.33. The van der Waals surface area contributed by atoms with E-state index in [0.29, 0.717) is 0 Å². The Hall–Kier alpha value is -7.32. The molecule has 0 saturated heterocycles. The summed E-state index contributed by atoms with van der Waals surface area (Å²) >= 11 is 0. The third-order valence-corrected chi connectivity index (χ3v) is 7.66. The maximum absolute atomic E-state index is 12.6. The van der Waals surface area contributed by atoms with E-state index in [1.807, 2.05) is 0 Å². The van der Waals surface area contributed by atoms with E-state index in [9.17, 15) is 28.8 Å². The first-order valence-corrected chi connectivity index (χ1v) is 16.2. The van der Waals surface area contributed by atoms with E-state index < -0.39 is 61.6 Å². The lowest BCUT2D eigenvalue weighted by Gasteiger charge is -2.29. The number of rotatable bonds is 16. The Morgan fingerprint density at radius 1 is 0.421 bits per heavy atom. The largest absolute Gasteiger partial charge is 0.549 e. The first-order chi connectivity index (χ1) is 27.4. The van der Waals surface area contributed by atoms with E-state index in [4.69, 9.17) is 42.6 Å². The highest BCUT2D eigenvalue weighted by Gasteiger charge is 2.36. The zero-order valence-electron chi connectivity index (χ0n) is 31.6. The molecule has 3 rings (SSSR count). The molecule has 0 aliphatic carbocycles. The first kappa shape index (κ1) is 44.1. The number of carbonyl (C=O) groups excluding carboxylic acids is 6. The third kappa shape index (κ3) is 11.8. The molecule has 0 fully saturated rings. The van der Waals surface area contributed by atoms with Gasteiger partial charge in [0.1, 0.15) is 36.5 Å². The number of ether oxygens (including phenoxy) is 9. The molecular weight excluding hydrogens is 768 g/mol. The lowest BCUT2D eigenvalue weighted by atomic mass is 9.88. The van der Waals surface area contributed by atoms with Gasteiger partial charge in [0, 0.05) is 0 Å². The van der Waals surface area contributed by atoms with Crippen LogP contribution in [0.3, 0.4) is 0 Å². The van der Waals surface area contributed by atoms with E-state index in [1.165, 1.54) is 104 Å². The fourth-order valence-corrected chi connectivity index (χ4v) is 4.63. The lowest BCUT2D eigenvalue weighted by molar-refractivity contribution is -0.217. The van der Waals surface area contributed by atoms with Crippen LogP contribution in [0.1, 0.15) is 44.4 Å². The summed E-state index contributed by atoms with van der Waals surface area (Å²) in [5, 5.41) is 0. The molecule has 0 unspecified atom stereocenters. The van der Waals surface area contributed by atoms with Crippen molar-refractivity contribution in [2.75, 3.05) is 62.5 Å². The summed E-state index contributed by atoms with van der Waals surface area (Å²) in [6.45, 7) is -0.725. The summed E-state index contributed by atoms with van der Waals surface area (Å²) in [5.41, 5.74) is -2.12. The summed E-state index contributed by atoms with van der Waals surface area (Å²) in [4.78, 5) is 103. The zero-order valence-corrected chi connectivity index (χ0v) is 31.6. The molecule has 21 nitrogen and oxygen atoms in total. The van der Waals surface area contributed by atoms with Gasteiger partial charge in [-0.15, -0.1) is 0 Å². The van der Waals surface area contributed by atoms with Gasteiger partial charge in [-0.25, -0.2) is 43.7 Å². The molecule has 0 aliphatic heterocycles. The van der Waals surface area contributed by atoms with Crippen molar-refractivity contribution in [2.45, 2.75) is 13.3 Å². The van der Waals surface area contributed by atoms with Gasteiger partial charge in [0.2, 0.25) is 0 Å². The Labute approximate surface area is 324 Å². The second-order valence-electron chi connectivity index (χ2n) is 11.0. The van der Waals surface area contributed by atoms with Gasteiger partial charge in [0.15, 0.2) is 34.5 Å².